The van der Waals surface area contributed by atoms with Gasteiger partial charge in [-0.3, -0.25) is 4.79 Å². The van der Waals surface area contributed by atoms with Crippen LogP contribution in [0.2, 0.25) is 5.02 Å². The number of hydrogen-bond acceptors (Lipinski definition) is 7. The number of ether oxygens (including phenoxy) is 1. The van der Waals surface area contributed by atoms with Gasteiger partial charge in [0.1, 0.15) is 0 Å². The molecule has 6 nitrogen and oxygen atoms in total. The Morgan fingerprint density at radius 1 is 1.32 bits per heavy atom. The highest BCUT2D eigenvalue weighted by Gasteiger charge is 2.52. The van der Waals surface area contributed by atoms with Crippen LogP contribution < -0.4 is 5.32 Å². The number of amides is 1. The van der Waals surface area contributed by atoms with Crippen molar-refractivity contribution in [2.24, 2.45) is 0 Å². The predicted molar refractivity (Wildman–Crippen MR) is 125 cm³/mol. The second kappa shape index (κ2) is 8.73. The average molecular weight is 477 g/mol. The average Bonchev–Trinajstić information content (AvgIpc) is 3.51. The Kier molecular flexibility index (Phi) is 5.98. The number of rotatable bonds is 6. The van der Waals surface area contributed by atoms with Gasteiger partial charge in [0.15, 0.2) is 4.34 Å². The van der Waals surface area contributed by atoms with Gasteiger partial charge >= 0.3 is 0 Å². The molecule has 2 aliphatic heterocycles. The molecule has 1 N–H and O–H groups in total. The number of aromatic nitrogens is 2. The molecule has 1 saturated carbocycles. The highest BCUT2D eigenvalue weighted by molar-refractivity contribution is 8.05. The van der Waals surface area contributed by atoms with Gasteiger partial charge in [0.25, 0.3) is 5.91 Å². The van der Waals surface area contributed by atoms with Gasteiger partial charge in [-0.15, -0.1) is 10.2 Å². The molecule has 1 amide bonds. The molecule has 3 aliphatic rings. The van der Waals surface area contributed by atoms with E-state index in [4.69, 9.17) is 16.3 Å². The maximum atomic E-state index is 13.4. The van der Waals surface area contributed by atoms with E-state index in [0.717, 1.165) is 71.6 Å². The van der Waals surface area contributed by atoms with Crippen molar-refractivity contribution in [1.82, 2.24) is 15.1 Å². The topological polar surface area (TPSA) is 67.4 Å². The van der Waals surface area contributed by atoms with Crippen molar-refractivity contribution in [2.75, 3.05) is 25.5 Å². The van der Waals surface area contributed by atoms with E-state index < -0.39 is 5.54 Å². The first kappa shape index (κ1) is 21.2. The van der Waals surface area contributed by atoms with Crippen LogP contribution in [0.5, 0.6) is 0 Å². The van der Waals surface area contributed by atoms with Crippen LogP contribution in [0.4, 0.5) is 5.13 Å². The predicted octanol–water partition coefficient (Wildman–Crippen LogP) is 5.07. The van der Waals surface area contributed by atoms with E-state index in [1.807, 2.05) is 30.1 Å². The molecule has 1 saturated heterocycles. The molecule has 3 heterocycles. The summed E-state index contributed by atoms with van der Waals surface area (Å²) in [5.41, 5.74) is 1.74. The zero-order valence-electron chi connectivity index (χ0n) is 17.4. The molecule has 2 atom stereocenters. The molecule has 2 aromatic rings. The molecule has 1 aromatic carbocycles. The normalized spacial score (nSPS) is 25.9. The van der Waals surface area contributed by atoms with Crippen molar-refractivity contribution in [3.8, 4) is 0 Å². The number of likely N-dealkylation sites (N-methyl/N-ethyl adjacent to an activating group) is 1. The van der Waals surface area contributed by atoms with Crippen molar-refractivity contribution >= 4 is 45.7 Å². The van der Waals surface area contributed by atoms with E-state index in [1.165, 1.54) is 28.7 Å². The van der Waals surface area contributed by atoms with Crippen LogP contribution >= 0.6 is 34.7 Å². The maximum absolute atomic E-state index is 13.4. The van der Waals surface area contributed by atoms with Crippen LogP contribution in [0, 0.1) is 0 Å². The smallest absolute Gasteiger partial charge is 0.261 e. The van der Waals surface area contributed by atoms with Crippen molar-refractivity contribution < 1.29 is 9.53 Å². The number of hydrogen-bond donors (Lipinski definition) is 1. The zero-order chi connectivity index (χ0) is 21.4. The molecule has 1 aliphatic carbocycles. The number of nitrogens with zero attached hydrogens (tertiary/aromatic N) is 3. The van der Waals surface area contributed by atoms with Gasteiger partial charge < -0.3 is 15.0 Å². The molecule has 31 heavy (non-hydrogen) atoms. The second-order valence-corrected chi connectivity index (χ2v) is 10.9. The molecule has 5 rings (SSSR count). The molecule has 0 spiro atoms. The minimum atomic E-state index is -0.457. The van der Waals surface area contributed by atoms with Crippen LogP contribution in [0.15, 0.2) is 39.1 Å². The highest BCUT2D eigenvalue weighted by atomic mass is 35.5. The number of thioether (sulfide) groups is 1. The number of carbonyl (C=O) groups excluding carboxylic acids is 1. The first-order valence-electron chi connectivity index (χ1n) is 10.7. The lowest BCUT2D eigenvalue weighted by atomic mass is 9.73. The summed E-state index contributed by atoms with van der Waals surface area (Å²) in [7, 11) is 1.90. The molecule has 0 unspecified atom stereocenters. The Labute approximate surface area is 195 Å². The Hall–Kier alpha value is -1.61. The Morgan fingerprint density at radius 2 is 2.19 bits per heavy atom. The molecular weight excluding hydrogens is 452 g/mol. The molecule has 9 heteroatoms. The molecule has 2 fully saturated rings. The van der Waals surface area contributed by atoms with E-state index in [1.54, 1.807) is 0 Å². The fourth-order valence-electron chi connectivity index (χ4n) is 4.96. The number of anilines is 1. The highest BCUT2D eigenvalue weighted by Crippen LogP contribution is 2.55. The summed E-state index contributed by atoms with van der Waals surface area (Å²) in [4.78, 5) is 16.1. The van der Waals surface area contributed by atoms with Crippen molar-refractivity contribution in [1.29, 1.82) is 0 Å². The quantitative estimate of drug-likeness (QED) is 0.627. The number of nitrogens with one attached hydrogen (secondary N) is 1. The summed E-state index contributed by atoms with van der Waals surface area (Å²) >= 11 is 9.56. The van der Waals surface area contributed by atoms with Crippen molar-refractivity contribution in [3.05, 3.63) is 45.3 Å². The van der Waals surface area contributed by atoms with Gasteiger partial charge in [0, 0.05) is 30.8 Å². The fraction of sp³-hybridized carbons (Fsp3) is 0.500. The molecule has 164 valence electrons. The second-order valence-electron chi connectivity index (χ2n) is 8.21. The summed E-state index contributed by atoms with van der Waals surface area (Å²) in [5, 5.41) is 13.4. The minimum Gasteiger partial charge on any atom is -0.376 e. The summed E-state index contributed by atoms with van der Waals surface area (Å²) < 4.78 is 6.43. The standard InChI is InChI=1S/C22H25ClN4O2S2/c1-27-19(28)18(30-21-26-25-20(31-21)24-13-14-7-6-12-29-14)16-9-4-5-11-22(16,27)15-8-2-3-10-17(15)23/h2-3,8,10,14H,4-7,9,11-13H2,1H3,(H,24,25)/t14-,22-/m1/s1. The first-order chi connectivity index (χ1) is 15.1. The Bertz CT molecular complexity index is 1020. The molecule has 1 aromatic heterocycles. The number of fused-ring (bicyclic) bond motifs is 1. The third kappa shape index (κ3) is 3.77. The summed E-state index contributed by atoms with van der Waals surface area (Å²) in [6, 6.07) is 7.91. The van der Waals surface area contributed by atoms with E-state index in [-0.39, 0.29) is 12.0 Å². The van der Waals surface area contributed by atoms with Crippen LogP contribution in [0.3, 0.4) is 0 Å². The van der Waals surface area contributed by atoms with Crippen LogP contribution in [-0.2, 0) is 15.1 Å². The molecular formula is C22H25ClN4O2S2. The van der Waals surface area contributed by atoms with Gasteiger partial charge in [0.2, 0.25) is 5.13 Å². The van der Waals surface area contributed by atoms with Gasteiger partial charge in [0.05, 0.1) is 16.5 Å². The van der Waals surface area contributed by atoms with Crippen LogP contribution in [0.25, 0.3) is 0 Å². The third-order valence-corrected chi connectivity index (χ3v) is 8.87. The number of halogens is 1. The summed E-state index contributed by atoms with van der Waals surface area (Å²) in [6.45, 7) is 1.58. The van der Waals surface area contributed by atoms with Gasteiger partial charge in [-0.2, -0.15) is 0 Å². The maximum Gasteiger partial charge on any atom is 0.261 e. The van der Waals surface area contributed by atoms with Gasteiger partial charge in [-0.25, -0.2) is 0 Å². The lowest BCUT2D eigenvalue weighted by molar-refractivity contribution is -0.128. The van der Waals surface area contributed by atoms with Crippen LogP contribution in [0.1, 0.15) is 44.1 Å². The first-order valence-corrected chi connectivity index (χ1v) is 12.7. The minimum absolute atomic E-state index is 0.0471. The van der Waals surface area contributed by atoms with Crippen LogP contribution in [-0.4, -0.2) is 47.3 Å². The van der Waals surface area contributed by atoms with E-state index >= 15 is 0 Å². The number of carbonyl (C=O) groups is 1. The van der Waals surface area contributed by atoms with Crippen molar-refractivity contribution in [2.45, 2.75) is 54.5 Å². The SMILES string of the molecule is CN1C(=O)C(Sc2nnc(NC[C@H]3CCCO3)s2)=C2CCCC[C@@]21c1ccccc1Cl. The lowest BCUT2D eigenvalue weighted by Crippen LogP contribution is -2.44. The third-order valence-electron chi connectivity index (χ3n) is 6.48. The molecule has 0 bridgehead atoms. The molecule has 0 radical (unpaired) electrons. The summed E-state index contributed by atoms with van der Waals surface area (Å²) in [5.74, 6) is 0.0471. The summed E-state index contributed by atoms with van der Waals surface area (Å²) in [6.07, 6.45) is 6.37. The lowest BCUT2D eigenvalue weighted by Gasteiger charge is -2.42. The van der Waals surface area contributed by atoms with Gasteiger partial charge in [-0.1, -0.05) is 59.3 Å². The van der Waals surface area contributed by atoms with E-state index in [2.05, 4.69) is 21.6 Å². The Morgan fingerprint density at radius 3 is 3.00 bits per heavy atom. The van der Waals surface area contributed by atoms with E-state index in [9.17, 15) is 4.79 Å². The fourth-order valence-corrected chi connectivity index (χ4v) is 7.27. The zero-order valence-corrected chi connectivity index (χ0v) is 19.8. The van der Waals surface area contributed by atoms with Gasteiger partial charge in [-0.05, 0) is 43.7 Å². The van der Waals surface area contributed by atoms with Crippen molar-refractivity contribution in [3.63, 3.8) is 0 Å². The monoisotopic (exact) mass is 476 g/mol. The Balaban J connectivity index is 1.42. The van der Waals surface area contributed by atoms with E-state index in [0.29, 0.717) is 5.02 Å². The number of benzene rings is 1. The largest absolute Gasteiger partial charge is 0.376 e.